The summed E-state index contributed by atoms with van der Waals surface area (Å²) in [6.07, 6.45) is 6.42. The highest BCUT2D eigenvalue weighted by atomic mass is 32.2. The van der Waals surface area contributed by atoms with E-state index in [0.29, 0.717) is 23.6 Å². The van der Waals surface area contributed by atoms with Crippen LogP contribution < -0.4 is 0 Å². The normalized spacial score (nSPS) is 15.6. The van der Waals surface area contributed by atoms with Gasteiger partial charge in [0.15, 0.2) is 5.16 Å². The van der Waals surface area contributed by atoms with Gasteiger partial charge in [0.1, 0.15) is 0 Å². The molecule has 1 saturated carbocycles. The fourth-order valence-corrected chi connectivity index (χ4v) is 2.43. The van der Waals surface area contributed by atoms with Crippen LogP contribution in [0.3, 0.4) is 0 Å². The summed E-state index contributed by atoms with van der Waals surface area (Å²) in [5, 5.41) is 8.80. The lowest BCUT2D eigenvalue weighted by molar-refractivity contribution is 0.485. The summed E-state index contributed by atoms with van der Waals surface area (Å²) >= 11 is 1.64. The minimum Gasteiger partial charge on any atom is -0.425 e. The van der Waals surface area contributed by atoms with Crippen LogP contribution in [0.5, 0.6) is 0 Å². The number of thioether (sulfide) groups is 1. The molecule has 0 amide bonds. The molecule has 5 nitrogen and oxygen atoms in total. The summed E-state index contributed by atoms with van der Waals surface area (Å²) in [4.78, 5) is 4.34. The molecule has 0 bridgehead atoms. The third-order valence-electron chi connectivity index (χ3n) is 2.47. The molecule has 0 spiro atoms. The molecule has 1 aliphatic carbocycles. The fourth-order valence-electron chi connectivity index (χ4n) is 1.56. The maximum absolute atomic E-state index is 5.32. The molecule has 16 heavy (non-hydrogen) atoms. The first kappa shape index (κ1) is 9.89. The zero-order chi connectivity index (χ0) is 11.0. The summed E-state index contributed by atoms with van der Waals surface area (Å²) in [6.45, 7) is 1.80. The van der Waals surface area contributed by atoms with Crippen molar-refractivity contribution in [1.82, 2.24) is 19.7 Å². The smallest absolute Gasteiger partial charge is 0.226 e. The Morgan fingerprint density at radius 3 is 3.06 bits per heavy atom. The van der Waals surface area contributed by atoms with Gasteiger partial charge >= 0.3 is 0 Å². The van der Waals surface area contributed by atoms with Crippen LogP contribution in [0.2, 0.25) is 0 Å². The molecule has 0 aromatic carbocycles. The Hall–Kier alpha value is -1.30. The van der Waals surface area contributed by atoms with Gasteiger partial charge in [0.05, 0.1) is 5.75 Å². The summed E-state index contributed by atoms with van der Waals surface area (Å²) < 4.78 is 7.55. The van der Waals surface area contributed by atoms with E-state index in [1.54, 1.807) is 18.7 Å². The van der Waals surface area contributed by atoms with E-state index in [4.69, 9.17) is 4.42 Å². The van der Waals surface area contributed by atoms with E-state index in [-0.39, 0.29) is 0 Å². The van der Waals surface area contributed by atoms with Gasteiger partial charge in [-0.3, -0.25) is 0 Å². The van der Waals surface area contributed by atoms with Crippen molar-refractivity contribution in [3.63, 3.8) is 0 Å². The summed E-state index contributed by atoms with van der Waals surface area (Å²) in [5.74, 6) is 1.96. The Balaban J connectivity index is 1.67. The summed E-state index contributed by atoms with van der Waals surface area (Å²) in [6, 6.07) is 0.662. The van der Waals surface area contributed by atoms with Crippen LogP contribution in [-0.4, -0.2) is 19.7 Å². The van der Waals surface area contributed by atoms with Crippen molar-refractivity contribution in [2.75, 3.05) is 0 Å². The van der Waals surface area contributed by atoms with E-state index in [9.17, 15) is 0 Å². The predicted octanol–water partition coefficient (Wildman–Crippen LogP) is 2.20. The first-order valence-electron chi connectivity index (χ1n) is 5.27. The van der Waals surface area contributed by atoms with Gasteiger partial charge in [-0.25, -0.2) is 4.98 Å². The third kappa shape index (κ3) is 1.97. The topological polar surface area (TPSA) is 56.7 Å². The van der Waals surface area contributed by atoms with Gasteiger partial charge in [0.2, 0.25) is 11.8 Å². The Morgan fingerprint density at radius 1 is 1.50 bits per heavy atom. The second kappa shape index (κ2) is 3.93. The minimum atomic E-state index is 0.612. The van der Waals surface area contributed by atoms with Gasteiger partial charge < -0.3 is 8.98 Å². The first-order valence-corrected chi connectivity index (χ1v) is 6.26. The van der Waals surface area contributed by atoms with Crippen LogP contribution in [0.4, 0.5) is 0 Å². The molecule has 1 fully saturated rings. The van der Waals surface area contributed by atoms with Crippen LogP contribution in [0.25, 0.3) is 0 Å². The van der Waals surface area contributed by atoms with Crippen molar-refractivity contribution in [2.24, 2.45) is 0 Å². The largest absolute Gasteiger partial charge is 0.425 e. The molecule has 2 heterocycles. The van der Waals surface area contributed by atoms with Crippen LogP contribution in [0.15, 0.2) is 22.0 Å². The quantitative estimate of drug-likeness (QED) is 0.762. The van der Waals surface area contributed by atoms with E-state index in [0.717, 1.165) is 5.16 Å². The Bertz CT molecular complexity index is 488. The molecule has 0 atom stereocenters. The standard InChI is InChI=1S/C10H12N4OS/c1-7-12-13-9(15-7)6-16-10-11-4-5-14(10)8-2-3-8/h4-5,8H,2-3,6H2,1H3. The molecule has 1 aliphatic rings. The number of aryl methyl sites for hydroxylation is 1. The monoisotopic (exact) mass is 236 g/mol. The molecule has 0 aliphatic heterocycles. The lowest BCUT2D eigenvalue weighted by atomic mass is 10.7. The number of rotatable bonds is 4. The Morgan fingerprint density at radius 2 is 2.38 bits per heavy atom. The summed E-state index contributed by atoms with van der Waals surface area (Å²) in [7, 11) is 0. The molecule has 0 radical (unpaired) electrons. The molecule has 2 aromatic heterocycles. The molecule has 84 valence electrons. The van der Waals surface area contributed by atoms with Gasteiger partial charge in [0, 0.05) is 25.4 Å². The Labute approximate surface area is 97.3 Å². The van der Waals surface area contributed by atoms with Gasteiger partial charge in [-0.1, -0.05) is 11.8 Å². The minimum absolute atomic E-state index is 0.612. The molecule has 0 saturated heterocycles. The van der Waals surface area contributed by atoms with Crippen molar-refractivity contribution in [1.29, 1.82) is 0 Å². The average Bonchev–Trinajstić information content (AvgIpc) is 2.86. The van der Waals surface area contributed by atoms with Crippen molar-refractivity contribution >= 4 is 11.8 Å². The van der Waals surface area contributed by atoms with E-state index in [1.165, 1.54) is 12.8 Å². The lowest BCUT2D eigenvalue weighted by Gasteiger charge is -2.03. The second-order valence-corrected chi connectivity index (χ2v) is 4.79. The predicted molar refractivity (Wildman–Crippen MR) is 59.1 cm³/mol. The van der Waals surface area contributed by atoms with Crippen molar-refractivity contribution < 1.29 is 4.42 Å². The van der Waals surface area contributed by atoms with Gasteiger partial charge in [-0.05, 0) is 12.8 Å². The van der Waals surface area contributed by atoms with E-state index < -0.39 is 0 Å². The molecule has 3 rings (SSSR count). The number of hydrogen-bond donors (Lipinski definition) is 0. The van der Waals surface area contributed by atoms with Crippen molar-refractivity contribution in [3.8, 4) is 0 Å². The number of aromatic nitrogens is 4. The van der Waals surface area contributed by atoms with E-state index in [2.05, 4.69) is 19.7 Å². The highest BCUT2D eigenvalue weighted by Gasteiger charge is 2.25. The fraction of sp³-hybridized carbons (Fsp3) is 0.500. The van der Waals surface area contributed by atoms with Crippen LogP contribution >= 0.6 is 11.8 Å². The molecule has 0 unspecified atom stereocenters. The third-order valence-corrected chi connectivity index (χ3v) is 3.43. The zero-order valence-corrected chi connectivity index (χ0v) is 9.78. The van der Waals surface area contributed by atoms with E-state index >= 15 is 0 Å². The average molecular weight is 236 g/mol. The molecule has 6 heteroatoms. The van der Waals surface area contributed by atoms with E-state index in [1.807, 2.05) is 12.4 Å². The highest BCUT2D eigenvalue weighted by molar-refractivity contribution is 7.98. The number of nitrogens with zero attached hydrogens (tertiary/aromatic N) is 4. The molecule has 2 aromatic rings. The van der Waals surface area contributed by atoms with Crippen molar-refractivity contribution in [3.05, 3.63) is 24.2 Å². The molecular formula is C10H12N4OS. The highest BCUT2D eigenvalue weighted by Crippen LogP contribution is 2.38. The lowest BCUT2D eigenvalue weighted by Crippen LogP contribution is -1.94. The van der Waals surface area contributed by atoms with Crippen LogP contribution in [0.1, 0.15) is 30.7 Å². The zero-order valence-electron chi connectivity index (χ0n) is 8.96. The first-order chi connectivity index (χ1) is 7.83. The van der Waals surface area contributed by atoms with Gasteiger partial charge in [-0.15, -0.1) is 10.2 Å². The SMILES string of the molecule is Cc1nnc(CSc2nccn2C2CC2)o1. The van der Waals surface area contributed by atoms with Crippen LogP contribution in [-0.2, 0) is 5.75 Å². The maximum Gasteiger partial charge on any atom is 0.226 e. The van der Waals surface area contributed by atoms with Gasteiger partial charge in [0.25, 0.3) is 0 Å². The molecule has 0 N–H and O–H groups in total. The second-order valence-electron chi connectivity index (χ2n) is 3.85. The summed E-state index contributed by atoms with van der Waals surface area (Å²) in [5.41, 5.74) is 0. The van der Waals surface area contributed by atoms with Crippen molar-refractivity contribution in [2.45, 2.75) is 36.7 Å². The molecular weight excluding hydrogens is 224 g/mol. The van der Waals surface area contributed by atoms with Gasteiger partial charge in [-0.2, -0.15) is 0 Å². The maximum atomic E-state index is 5.32. The number of imidazole rings is 1. The Kier molecular flexibility index (Phi) is 2.43. The van der Waals surface area contributed by atoms with Crippen LogP contribution in [0, 0.1) is 6.92 Å². The number of hydrogen-bond acceptors (Lipinski definition) is 5.